The molecule has 0 rings (SSSR count). The molecule has 0 aromatic rings. The fraction of sp³-hybridized carbons (Fsp3) is 0.333. The van der Waals surface area contributed by atoms with Crippen LogP contribution in [0.5, 0.6) is 0 Å². The maximum absolute atomic E-state index is 5.05. The predicted molar refractivity (Wildman–Crippen MR) is 39.5 cm³/mol. The summed E-state index contributed by atoms with van der Waals surface area (Å²) in [6.45, 7) is 1.93. The Morgan fingerprint density at radius 1 is 1.00 bits per heavy atom. The second-order valence-electron chi connectivity index (χ2n) is 0.984. The van der Waals surface area contributed by atoms with E-state index in [9.17, 15) is 0 Å². The van der Waals surface area contributed by atoms with Gasteiger partial charge in [-0.1, -0.05) is 12.3 Å². The average Bonchev–Trinajstić information content (AvgIpc) is 1.68. The van der Waals surface area contributed by atoms with E-state index in [0.29, 0.717) is 18.8 Å². The zero-order valence-electron chi connectivity index (χ0n) is 6.85. The van der Waals surface area contributed by atoms with Crippen molar-refractivity contribution in [2.75, 3.05) is 0 Å². The summed E-state index contributed by atoms with van der Waals surface area (Å²) in [4.78, 5) is 0. The number of hydrogen-bond donors (Lipinski definition) is 0. The molecule has 0 N–H and O–H groups in total. The molecule has 2 nitrogen and oxygen atoms in total. The van der Waals surface area contributed by atoms with Crippen LogP contribution in [-0.4, -0.2) is 40.4 Å². The molecule has 0 aliphatic heterocycles. The first-order chi connectivity index (χ1) is 3.81. The van der Waals surface area contributed by atoms with E-state index in [4.69, 9.17) is 8.23 Å². The van der Waals surface area contributed by atoms with Crippen LogP contribution in [0.3, 0.4) is 0 Å². The van der Waals surface area contributed by atoms with Gasteiger partial charge in [0.05, 0.1) is 0 Å². The van der Waals surface area contributed by atoms with Gasteiger partial charge in [-0.15, -0.1) is 0 Å². The van der Waals surface area contributed by atoms with Crippen LogP contribution in [0, 0.1) is 0 Å². The van der Waals surface area contributed by atoms with Crippen LogP contribution in [0.15, 0.2) is 0 Å². The molecular formula is C3H7O2Rf3Si3. The van der Waals surface area contributed by atoms with Crippen molar-refractivity contribution in [3.8, 4) is 0 Å². The summed E-state index contributed by atoms with van der Waals surface area (Å²) >= 11 is 0. The molecule has 0 spiro atoms. The normalized spacial score (nSPS) is 6.00. The quantitative estimate of drug-likeness (QED) is 0.346. The van der Waals surface area contributed by atoms with Crippen molar-refractivity contribution in [3.63, 3.8) is 0 Å². The van der Waals surface area contributed by atoms with Gasteiger partial charge in [-0.05, 0) is 0 Å². The Hall–Kier alpha value is -3.01. The van der Waals surface area contributed by atoms with Gasteiger partial charge in [0.25, 0.3) is 18.8 Å². The van der Waals surface area contributed by atoms with E-state index in [0.717, 1.165) is 0 Å². The van der Waals surface area contributed by atoms with E-state index < -0.39 is 9.28 Å². The maximum Gasteiger partial charge on any atom is 0.498 e. The summed E-state index contributed by atoms with van der Waals surface area (Å²) in [6.07, 6.45) is 7.08. The molecule has 0 unspecified atom stereocenters. The smallest absolute Gasteiger partial charge is 0.498 e. The fourth-order valence-electron chi connectivity index (χ4n) is 0.224. The predicted octanol–water partition coefficient (Wildman–Crippen LogP) is -0.760. The summed E-state index contributed by atoms with van der Waals surface area (Å²) in [5.74, 6) is 0. The molecule has 49 valence electrons. The Labute approximate surface area is 55.8 Å². The fourth-order valence-corrected chi connectivity index (χ4v) is 2.39. The van der Waals surface area contributed by atoms with Gasteiger partial charge in [-0.25, -0.2) is 0 Å². The Morgan fingerprint density at radius 3 is 1.45 bits per heavy atom. The first-order valence-corrected chi connectivity index (χ1v) is 6.07. The van der Waals surface area contributed by atoms with Gasteiger partial charge in [-0.3, -0.25) is 0 Å². The molecule has 3 radical (unpaired) electrons. The van der Waals surface area contributed by atoms with E-state index in [1.165, 1.54) is 0 Å². The molecule has 0 fully saturated rings. The van der Waals surface area contributed by atoms with Crippen molar-refractivity contribution < 1.29 is 8.23 Å². The van der Waals surface area contributed by atoms with Crippen molar-refractivity contribution in [3.05, 3.63) is 0 Å². The average molecular weight is 960 g/mol. The van der Waals surface area contributed by atoms with Crippen LogP contribution in [0.1, 0.15) is 0 Å². The molecule has 0 aromatic carbocycles. The van der Waals surface area contributed by atoms with Gasteiger partial charge in [0.2, 0.25) is 0 Å². The second kappa shape index (κ2) is 15.8. The van der Waals surface area contributed by atoms with Crippen molar-refractivity contribution in [2.24, 2.45) is 0 Å². The number of rotatable bonds is 4. The van der Waals surface area contributed by atoms with E-state index in [-0.39, 0.29) is 0 Å². The van der Waals surface area contributed by atoms with Gasteiger partial charge in [0.1, 0.15) is 0 Å². The van der Waals surface area contributed by atoms with Crippen LogP contribution in [0.2, 0.25) is 6.55 Å². The topological polar surface area (TPSA) is 18.5 Å². The molecule has 0 aromatic heterocycles. The van der Waals surface area contributed by atoms with E-state index in [2.05, 4.69) is 12.3 Å². The van der Waals surface area contributed by atoms with Crippen LogP contribution in [-0.2, 0) is 8.23 Å². The Kier molecular flexibility index (Phi) is 35.1. The molecule has 8 heteroatoms. The van der Waals surface area contributed by atoms with E-state index in [1.807, 2.05) is 6.55 Å². The molecular weight excluding hydrogens is 953 g/mol. The summed E-state index contributed by atoms with van der Waals surface area (Å²) < 4.78 is 10.1. The van der Waals surface area contributed by atoms with Crippen LogP contribution >= 0.6 is 0 Å². The zero-order valence-corrected chi connectivity index (χ0v) is 29.0. The number of hydrogen-bond acceptors (Lipinski definition) is 2. The van der Waals surface area contributed by atoms with E-state index >= 15 is 0 Å². The Bertz CT molecular complexity index is 83.9. The Morgan fingerprint density at radius 2 is 1.27 bits per heavy atom. The minimum absolute atomic E-state index is 0. The van der Waals surface area contributed by atoms with Gasteiger partial charge < -0.3 is 8.23 Å². The van der Waals surface area contributed by atoms with Crippen molar-refractivity contribution in [1.82, 2.24) is 0 Å². The molecule has 0 heterocycles. The third-order valence-electron chi connectivity index (χ3n) is 0.432. The first kappa shape index (κ1) is 24.5. The molecule has 0 bridgehead atoms. The van der Waals surface area contributed by atoms with E-state index in [1.54, 1.807) is 0 Å². The molecule has 0 aliphatic carbocycles. The van der Waals surface area contributed by atoms with Crippen molar-refractivity contribution in [2.45, 2.75) is 6.55 Å². The van der Waals surface area contributed by atoms with Gasteiger partial charge in [-0.2, -0.15) is 0 Å². The summed E-state index contributed by atoms with van der Waals surface area (Å²) in [5, 5.41) is 0. The Balaban J connectivity index is -0.0000000817. The second-order valence-corrected chi connectivity index (χ2v) is 4.18. The van der Waals surface area contributed by atoms with Gasteiger partial charge >= 0.3 is 9.28 Å². The van der Waals surface area contributed by atoms with Crippen molar-refractivity contribution >= 4 is 40.4 Å². The van der Waals surface area contributed by atoms with Gasteiger partial charge in [0, 0.05) is 6.55 Å². The van der Waals surface area contributed by atoms with Gasteiger partial charge in [0.15, 0.2) is 0 Å². The maximum atomic E-state index is 5.05. The third-order valence-corrected chi connectivity index (χ3v) is 3.89. The molecule has 0 atom stereocenters. The third kappa shape index (κ3) is 19.5. The van der Waals surface area contributed by atoms with Crippen LogP contribution < -0.4 is 0 Å². The van der Waals surface area contributed by atoms with Crippen LogP contribution in [0.25, 0.3) is 0 Å². The standard InChI is InChI=1S/C3H7O2Si3.3Rf/c1-6-4-8(3)5-7-2;;;/h1-2H2,3H3;;;. The van der Waals surface area contributed by atoms with Crippen molar-refractivity contribution in [1.29, 1.82) is 0 Å². The minimum atomic E-state index is -0.992. The zero-order chi connectivity index (χ0) is 6.41. The molecule has 11 heavy (non-hydrogen) atoms. The molecule has 0 amide bonds. The summed E-state index contributed by atoms with van der Waals surface area (Å²) in [7, 11) is -0.402. The molecule has 0 saturated heterocycles. The SMILES string of the molecule is C=[Si]O[Si](C)O[Si]=C.[Rf].[Rf].[Rf]. The van der Waals surface area contributed by atoms with Crippen LogP contribution in [0.4, 0.5) is 0 Å². The minimum Gasteiger partial charge on any atom is -0.575 e. The molecule has 0 aliphatic rings. The largest absolute Gasteiger partial charge is 0.575 e. The summed E-state index contributed by atoms with van der Waals surface area (Å²) in [6, 6.07) is 0. The first-order valence-electron chi connectivity index (χ1n) is 2.02. The summed E-state index contributed by atoms with van der Waals surface area (Å²) in [5.41, 5.74) is 0. The monoisotopic (exact) mass is 960 g/mol. The molecule has 0 saturated carbocycles.